The molecule has 0 aromatic rings. The average molecular weight is 177 g/mol. The van der Waals surface area contributed by atoms with Gasteiger partial charge in [0.25, 0.3) is 0 Å². The molecule has 0 amide bonds. The molecular formula is C4H10AsN2O. The zero-order valence-corrected chi connectivity index (χ0v) is 6.71. The van der Waals surface area contributed by atoms with Crippen molar-refractivity contribution in [2.75, 3.05) is 0 Å². The molecule has 3 N–H and O–H groups in total. The van der Waals surface area contributed by atoms with Gasteiger partial charge in [0.1, 0.15) is 0 Å². The van der Waals surface area contributed by atoms with E-state index in [-0.39, 0.29) is 0 Å². The van der Waals surface area contributed by atoms with E-state index in [1.807, 2.05) is 0 Å². The standard InChI is InChI=1S/C4H10AsN2O/c1-5-3-2-4(6)7-8/h8H,2-3H2,1H3,(H2,6,7). The normalized spacial score (nSPS) is 13.4. The van der Waals surface area contributed by atoms with Crippen LogP contribution in [-0.4, -0.2) is 26.8 Å². The maximum absolute atomic E-state index is 8.03. The van der Waals surface area contributed by atoms with Gasteiger partial charge in [0.2, 0.25) is 0 Å². The maximum atomic E-state index is 8.03. The topological polar surface area (TPSA) is 58.6 Å². The first-order valence-electron chi connectivity index (χ1n) is 2.33. The number of oxime groups is 1. The molecule has 4 heteroatoms. The Bertz CT molecular complexity index is 84.1. The Morgan fingerprint density at radius 3 is 2.88 bits per heavy atom. The molecule has 1 radical (unpaired) electrons. The number of nitrogens with zero attached hydrogens (tertiary/aromatic N) is 1. The SMILES string of the molecule is C[As]CCC(N)=NO. The van der Waals surface area contributed by atoms with E-state index in [0.29, 0.717) is 21.6 Å². The van der Waals surface area contributed by atoms with Crippen LogP contribution in [0.25, 0.3) is 0 Å². The summed E-state index contributed by atoms with van der Waals surface area (Å²) in [5.74, 6) is 0.349. The van der Waals surface area contributed by atoms with Crippen LogP contribution in [0.2, 0.25) is 10.9 Å². The fourth-order valence-electron chi connectivity index (χ4n) is 0.276. The Kier molecular flexibility index (Phi) is 4.87. The fourth-order valence-corrected chi connectivity index (χ4v) is 1.23. The summed E-state index contributed by atoms with van der Waals surface area (Å²) in [6, 6.07) is 0. The molecule has 0 aromatic carbocycles. The Labute approximate surface area is 55.6 Å². The number of rotatable bonds is 3. The van der Waals surface area contributed by atoms with Crippen molar-refractivity contribution >= 4 is 21.6 Å². The van der Waals surface area contributed by atoms with E-state index in [2.05, 4.69) is 10.9 Å². The molecule has 0 bridgehead atoms. The number of hydrogen-bond acceptors (Lipinski definition) is 2. The van der Waals surface area contributed by atoms with E-state index < -0.39 is 0 Å². The molecule has 47 valence electrons. The minimum atomic E-state index is 0.349. The predicted molar refractivity (Wildman–Crippen MR) is 34.5 cm³/mol. The van der Waals surface area contributed by atoms with E-state index in [0.717, 1.165) is 11.6 Å². The Balaban J connectivity index is 3.12. The Hall–Kier alpha value is -0.172. The molecule has 0 aliphatic carbocycles. The quantitative estimate of drug-likeness (QED) is 0.214. The number of nitrogens with two attached hydrogens (primary N) is 1. The van der Waals surface area contributed by atoms with Crippen molar-refractivity contribution in [2.45, 2.75) is 17.3 Å². The first kappa shape index (κ1) is 7.83. The van der Waals surface area contributed by atoms with Crippen molar-refractivity contribution in [3.05, 3.63) is 0 Å². The van der Waals surface area contributed by atoms with Gasteiger partial charge in [-0.3, -0.25) is 0 Å². The van der Waals surface area contributed by atoms with Gasteiger partial charge in [-0.05, 0) is 0 Å². The number of hydrogen-bond donors (Lipinski definition) is 2. The summed E-state index contributed by atoms with van der Waals surface area (Å²) in [6.07, 6.45) is 0.743. The molecule has 0 unspecified atom stereocenters. The molecule has 0 saturated carbocycles. The predicted octanol–water partition coefficient (Wildman–Crippen LogP) is 0.293. The van der Waals surface area contributed by atoms with Crippen LogP contribution in [0.5, 0.6) is 0 Å². The third-order valence-electron chi connectivity index (χ3n) is 0.720. The summed E-state index contributed by atoms with van der Waals surface area (Å²) >= 11 is 0.412. The van der Waals surface area contributed by atoms with Crippen LogP contribution >= 0.6 is 0 Å². The average Bonchev–Trinajstić information content (AvgIpc) is 1.83. The van der Waals surface area contributed by atoms with Gasteiger partial charge in [-0.25, -0.2) is 0 Å². The fraction of sp³-hybridized carbons (Fsp3) is 0.750. The van der Waals surface area contributed by atoms with Gasteiger partial charge in [-0.1, -0.05) is 0 Å². The molecule has 0 heterocycles. The molecule has 0 aliphatic heterocycles. The van der Waals surface area contributed by atoms with Crippen LogP contribution in [0.1, 0.15) is 6.42 Å². The molecule has 0 atom stereocenters. The summed E-state index contributed by atoms with van der Waals surface area (Å²) in [5, 5.41) is 12.0. The van der Waals surface area contributed by atoms with Crippen LogP contribution in [0, 0.1) is 0 Å². The van der Waals surface area contributed by atoms with Gasteiger partial charge in [0.15, 0.2) is 0 Å². The van der Waals surface area contributed by atoms with Crippen molar-refractivity contribution in [2.24, 2.45) is 10.9 Å². The van der Waals surface area contributed by atoms with E-state index in [1.54, 1.807) is 0 Å². The minimum absolute atomic E-state index is 0.349. The summed E-state index contributed by atoms with van der Waals surface area (Å²) in [7, 11) is 0. The van der Waals surface area contributed by atoms with Gasteiger partial charge < -0.3 is 0 Å². The van der Waals surface area contributed by atoms with Gasteiger partial charge in [0.05, 0.1) is 0 Å². The van der Waals surface area contributed by atoms with Crippen LogP contribution < -0.4 is 5.73 Å². The molecule has 0 saturated heterocycles. The second-order valence-corrected chi connectivity index (χ2v) is 3.65. The summed E-state index contributed by atoms with van der Waals surface area (Å²) in [6.45, 7) is 0. The van der Waals surface area contributed by atoms with Crippen molar-refractivity contribution < 1.29 is 5.21 Å². The van der Waals surface area contributed by atoms with Crippen molar-refractivity contribution in [3.63, 3.8) is 0 Å². The van der Waals surface area contributed by atoms with E-state index in [1.165, 1.54) is 0 Å². The first-order valence-corrected chi connectivity index (χ1v) is 5.53. The molecule has 0 rings (SSSR count). The molecule has 8 heavy (non-hydrogen) atoms. The third kappa shape index (κ3) is 4.00. The van der Waals surface area contributed by atoms with E-state index in [4.69, 9.17) is 10.9 Å². The second-order valence-electron chi connectivity index (χ2n) is 1.38. The van der Waals surface area contributed by atoms with Gasteiger partial charge in [0, 0.05) is 0 Å². The molecule has 0 aliphatic rings. The Morgan fingerprint density at radius 1 is 1.88 bits per heavy atom. The Morgan fingerprint density at radius 2 is 2.50 bits per heavy atom. The molecular weight excluding hydrogens is 167 g/mol. The molecule has 0 fully saturated rings. The summed E-state index contributed by atoms with van der Waals surface area (Å²) in [5.41, 5.74) is 7.33. The van der Waals surface area contributed by atoms with Crippen molar-refractivity contribution in [1.29, 1.82) is 0 Å². The first-order chi connectivity index (χ1) is 3.81. The zero-order chi connectivity index (χ0) is 6.41. The zero-order valence-electron chi connectivity index (χ0n) is 4.83. The number of amidine groups is 1. The third-order valence-corrected chi connectivity index (χ3v) is 2.13. The van der Waals surface area contributed by atoms with Gasteiger partial charge >= 0.3 is 55.0 Å². The summed E-state index contributed by atoms with van der Waals surface area (Å²) in [4.78, 5) is 0. The monoisotopic (exact) mass is 177 g/mol. The van der Waals surface area contributed by atoms with Gasteiger partial charge in [-0.2, -0.15) is 0 Å². The molecule has 0 spiro atoms. The van der Waals surface area contributed by atoms with Gasteiger partial charge in [-0.15, -0.1) is 0 Å². The van der Waals surface area contributed by atoms with Crippen molar-refractivity contribution in [3.8, 4) is 0 Å². The van der Waals surface area contributed by atoms with Crippen LogP contribution in [-0.2, 0) is 0 Å². The van der Waals surface area contributed by atoms with Crippen molar-refractivity contribution in [1.82, 2.24) is 0 Å². The second kappa shape index (κ2) is 4.97. The summed E-state index contributed by atoms with van der Waals surface area (Å²) < 4.78 is 0. The van der Waals surface area contributed by atoms with E-state index >= 15 is 0 Å². The van der Waals surface area contributed by atoms with Crippen LogP contribution in [0.4, 0.5) is 0 Å². The van der Waals surface area contributed by atoms with E-state index in [9.17, 15) is 0 Å². The van der Waals surface area contributed by atoms with Crippen LogP contribution in [0.15, 0.2) is 5.16 Å². The molecule has 3 nitrogen and oxygen atoms in total. The molecule has 0 aromatic heterocycles. The van der Waals surface area contributed by atoms with Crippen LogP contribution in [0.3, 0.4) is 0 Å².